The molecule has 0 saturated heterocycles. The second-order valence-corrected chi connectivity index (χ2v) is 4.02. The lowest BCUT2D eigenvalue weighted by molar-refractivity contribution is 1.35. The lowest BCUT2D eigenvalue weighted by Crippen LogP contribution is -1.75. The van der Waals surface area contributed by atoms with Gasteiger partial charge >= 0.3 is 0 Å². The monoisotopic (exact) mass is 255 g/mol. The Hall–Kier alpha value is -0.730. The molecular formula is C10H7BrClN. The lowest BCUT2D eigenvalue weighted by atomic mass is 10.2. The number of H-pyrrole nitrogens is 1. The van der Waals surface area contributed by atoms with Crippen molar-refractivity contribution in [1.29, 1.82) is 0 Å². The smallest absolute Gasteiger partial charge is 0.0824 e. The molecule has 1 aromatic heterocycles. The number of hydrogen-bond donors (Lipinski definition) is 1. The van der Waals surface area contributed by atoms with Gasteiger partial charge in [-0.1, -0.05) is 23.7 Å². The number of aromatic nitrogens is 1. The van der Waals surface area contributed by atoms with Crippen molar-refractivity contribution in [2.24, 2.45) is 0 Å². The van der Waals surface area contributed by atoms with Gasteiger partial charge in [-0.25, -0.2) is 0 Å². The molecule has 1 heterocycles. The topological polar surface area (TPSA) is 15.8 Å². The van der Waals surface area contributed by atoms with Crippen LogP contribution in [-0.4, -0.2) is 4.98 Å². The molecule has 0 aliphatic rings. The second kappa shape index (κ2) is 3.56. The van der Waals surface area contributed by atoms with Gasteiger partial charge in [0, 0.05) is 10.7 Å². The number of rotatable bonds is 1. The minimum Gasteiger partial charge on any atom is -0.349 e. The van der Waals surface area contributed by atoms with E-state index in [4.69, 9.17) is 11.6 Å². The number of nitrogens with one attached hydrogen (secondary N) is 1. The van der Waals surface area contributed by atoms with Crippen LogP contribution in [0.4, 0.5) is 0 Å². The van der Waals surface area contributed by atoms with E-state index in [1.54, 1.807) is 0 Å². The van der Waals surface area contributed by atoms with Crippen molar-refractivity contribution >= 4 is 27.5 Å². The third-order valence-electron chi connectivity index (χ3n) is 1.81. The van der Waals surface area contributed by atoms with Crippen molar-refractivity contribution in [3.63, 3.8) is 0 Å². The molecule has 1 N–H and O–H groups in total. The third kappa shape index (κ3) is 1.95. The highest BCUT2D eigenvalue weighted by atomic mass is 79.9. The standard InChI is InChI=1S/C10H7BrClN/c11-10-6-5-9(13-10)7-1-3-8(12)4-2-7/h1-6,13H. The first kappa shape index (κ1) is 8.85. The van der Waals surface area contributed by atoms with Gasteiger partial charge in [-0.15, -0.1) is 0 Å². The van der Waals surface area contributed by atoms with Crippen molar-refractivity contribution in [3.8, 4) is 11.3 Å². The molecule has 0 spiro atoms. The van der Waals surface area contributed by atoms with Crippen molar-refractivity contribution in [1.82, 2.24) is 4.98 Å². The van der Waals surface area contributed by atoms with E-state index in [2.05, 4.69) is 20.9 Å². The van der Waals surface area contributed by atoms with E-state index in [0.717, 1.165) is 20.9 Å². The maximum atomic E-state index is 5.78. The fourth-order valence-electron chi connectivity index (χ4n) is 1.17. The Morgan fingerprint density at radius 3 is 2.23 bits per heavy atom. The average molecular weight is 257 g/mol. The minimum absolute atomic E-state index is 0.759. The number of benzene rings is 1. The van der Waals surface area contributed by atoms with Gasteiger partial charge in [0.05, 0.1) is 4.60 Å². The van der Waals surface area contributed by atoms with Crippen LogP contribution >= 0.6 is 27.5 Å². The Morgan fingerprint density at radius 2 is 1.69 bits per heavy atom. The molecule has 0 aliphatic carbocycles. The van der Waals surface area contributed by atoms with Gasteiger partial charge in [-0.2, -0.15) is 0 Å². The maximum absolute atomic E-state index is 5.78. The van der Waals surface area contributed by atoms with Crippen LogP contribution in [0.15, 0.2) is 41.0 Å². The van der Waals surface area contributed by atoms with E-state index < -0.39 is 0 Å². The van der Waals surface area contributed by atoms with Crippen LogP contribution in [0.5, 0.6) is 0 Å². The van der Waals surface area contributed by atoms with Crippen LogP contribution in [-0.2, 0) is 0 Å². The molecule has 13 heavy (non-hydrogen) atoms. The Balaban J connectivity index is 2.41. The van der Waals surface area contributed by atoms with E-state index in [1.165, 1.54) is 0 Å². The first-order chi connectivity index (χ1) is 6.25. The van der Waals surface area contributed by atoms with Crippen molar-refractivity contribution < 1.29 is 0 Å². The summed E-state index contributed by atoms with van der Waals surface area (Å²) in [6.45, 7) is 0. The SMILES string of the molecule is Clc1ccc(-c2ccc(Br)[nH]2)cc1. The van der Waals surface area contributed by atoms with Crippen molar-refractivity contribution in [3.05, 3.63) is 46.0 Å². The molecule has 0 radical (unpaired) electrons. The summed E-state index contributed by atoms with van der Waals surface area (Å²) >= 11 is 9.15. The zero-order valence-electron chi connectivity index (χ0n) is 6.72. The molecule has 0 atom stereocenters. The van der Waals surface area contributed by atoms with Gasteiger partial charge < -0.3 is 4.98 Å². The van der Waals surface area contributed by atoms with Crippen LogP contribution < -0.4 is 0 Å². The van der Waals surface area contributed by atoms with Gasteiger partial charge in [0.1, 0.15) is 0 Å². The van der Waals surface area contributed by atoms with Crippen LogP contribution in [0, 0.1) is 0 Å². The zero-order valence-corrected chi connectivity index (χ0v) is 9.06. The van der Waals surface area contributed by atoms with Crippen LogP contribution in [0.1, 0.15) is 0 Å². The highest BCUT2D eigenvalue weighted by Crippen LogP contribution is 2.22. The Labute approximate surface area is 89.9 Å². The molecule has 2 rings (SSSR count). The summed E-state index contributed by atoms with van der Waals surface area (Å²) in [6, 6.07) is 11.7. The predicted molar refractivity (Wildman–Crippen MR) is 58.9 cm³/mol. The second-order valence-electron chi connectivity index (χ2n) is 2.73. The van der Waals surface area contributed by atoms with E-state index in [9.17, 15) is 0 Å². The molecule has 0 aliphatic heterocycles. The summed E-state index contributed by atoms with van der Waals surface area (Å²) in [5.41, 5.74) is 2.22. The molecule has 2 aromatic rings. The van der Waals surface area contributed by atoms with Crippen molar-refractivity contribution in [2.45, 2.75) is 0 Å². The highest BCUT2D eigenvalue weighted by molar-refractivity contribution is 9.10. The summed E-state index contributed by atoms with van der Waals surface area (Å²) < 4.78 is 0.984. The summed E-state index contributed by atoms with van der Waals surface area (Å²) in [5, 5.41) is 0.759. The molecule has 66 valence electrons. The molecular weight excluding hydrogens is 249 g/mol. The van der Waals surface area contributed by atoms with Gasteiger partial charge in [-0.3, -0.25) is 0 Å². The van der Waals surface area contributed by atoms with E-state index in [-0.39, 0.29) is 0 Å². The maximum Gasteiger partial charge on any atom is 0.0824 e. The molecule has 0 fully saturated rings. The molecule has 0 unspecified atom stereocenters. The van der Waals surface area contributed by atoms with Gasteiger partial charge in [-0.05, 0) is 45.8 Å². The third-order valence-corrected chi connectivity index (χ3v) is 2.52. The predicted octanol–water partition coefficient (Wildman–Crippen LogP) is 4.10. The summed E-state index contributed by atoms with van der Waals surface area (Å²) in [4.78, 5) is 3.19. The van der Waals surface area contributed by atoms with E-state index in [0.29, 0.717) is 0 Å². The largest absolute Gasteiger partial charge is 0.349 e. The molecule has 3 heteroatoms. The molecule has 1 nitrogen and oxygen atoms in total. The highest BCUT2D eigenvalue weighted by Gasteiger charge is 1.98. The number of hydrogen-bond acceptors (Lipinski definition) is 0. The minimum atomic E-state index is 0.759. The van der Waals surface area contributed by atoms with E-state index in [1.807, 2.05) is 36.4 Å². The van der Waals surface area contributed by atoms with Crippen LogP contribution in [0.3, 0.4) is 0 Å². The number of aromatic amines is 1. The van der Waals surface area contributed by atoms with E-state index >= 15 is 0 Å². The zero-order chi connectivity index (χ0) is 9.26. The first-order valence-electron chi connectivity index (χ1n) is 3.86. The fraction of sp³-hybridized carbons (Fsp3) is 0. The summed E-state index contributed by atoms with van der Waals surface area (Å²) in [5.74, 6) is 0. The fourth-order valence-corrected chi connectivity index (χ4v) is 1.64. The van der Waals surface area contributed by atoms with Gasteiger partial charge in [0.25, 0.3) is 0 Å². The van der Waals surface area contributed by atoms with Crippen LogP contribution in [0.25, 0.3) is 11.3 Å². The first-order valence-corrected chi connectivity index (χ1v) is 5.03. The molecule has 1 aromatic carbocycles. The average Bonchev–Trinajstić information content (AvgIpc) is 2.53. The quantitative estimate of drug-likeness (QED) is 0.791. The normalized spacial score (nSPS) is 10.3. The Morgan fingerprint density at radius 1 is 1.00 bits per heavy atom. The number of halogens is 2. The molecule has 0 saturated carbocycles. The molecule has 0 bridgehead atoms. The van der Waals surface area contributed by atoms with Crippen molar-refractivity contribution in [2.75, 3.05) is 0 Å². The lowest BCUT2D eigenvalue weighted by Gasteiger charge is -1.97. The van der Waals surface area contributed by atoms with Crippen LogP contribution in [0.2, 0.25) is 5.02 Å². The summed E-state index contributed by atoms with van der Waals surface area (Å²) in [6.07, 6.45) is 0. The Bertz CT molecular complexity index is 405. The van der Waals surface area contributed by atoms with Gasteiger partial charge in [0.15, 0.2) is 0 Å². The Kier molecular flexibility index (Phi) is 2.42. The molecule has 0 amide bonds. The summed E-state index contributed by atoms with van der Waals surface area (Å²) in [7, 11) is 0. The van der Waals surface area contributed by atoms with Gasteiger partial charge in [0.2, 0.25) is 0 Å².